The molecule has 2 fully saturated rings. The summed E-state index contributed by atoms with van der Waals surface area (Å²) in [6.45, 7) is 3.28. The van der Waals surface area contributed by atoms with Crippen LogP contribution in [-0.2, 0) is 4.79 Å². The van der Waals surface area contributed by atoms with Crippen LogP contribution in [0.2, 0.25) is 0 Å². The molecule has 4 heteroatoms. The Balaban J connectivity index is 1.51. The molecule has 122 valence electrons. The van der Waals surface area contributed by atoms with Gasteiger partial charge in [-0.15, -0.1) is 0 Å². The Hall–Kier alpha value is -0.610. The van der Waals surface area contributed by atoms with E-state index in [9.17, 15) is 4.79 Å². The molecule has 0 aromatic carbocycles. The van der Waals surface area contributed by atoms with Gasteiger partial charge in [0.1, 0.15) is 0 Å². The minimum absolute atomic E-state index is 0.238. The maximum absolute atomic E-state index is 11.9. The zero-order valence-corrected chi connectivity index (χ0v) is 13.7. The van der Waals surface area contributed by atoms with E-state index >= 15 is 0 Å². The van der Waals surface area contributed by atoms with Gasteiger partial charge < -0.3 is 16.0 Å². The van der Waals surface area contributed by atoms with Crippen LogP contribution < -0.4 is 11.1 Å². The average Bonchev–Trinajstić information content (AvgIpc) is 2.47. The van der Waals surface area contributed by atoms with Crippen molar-refractivity contribution in [2.24, 2.45) is 17.6 Å². The third-order valence-corrected chi connectivity index (χ3v) is 5.32. The molecular weight excluding hydrogens is 262 g/mol. The minimum Gasteiger partial charge on any atom is -0.356 e. The molecule has 1 heterocycles. The van der Waals surface area contributed by atoms with E-state index in [0.29, 0.717) is 18.4 Å². The topological polar surface area (TPSA) is 58.4 Å². The molecule has 2 unspecified atom stereocenters. The fraction of sp³-hybridized carbons (Fsp3) is 0.941. The van der Waals surface area contributed by atoms with E-state index < -0.39 is 0 Å². The van der Waals surface area contributed by atoms with Gasteiger partial charge in [-0.25, -0.2) is 0 Å². The number of carbonyl (C=O) groups is 1. The van der Waals surface area contributed by atoms with Crippen LogP contribution in [0.25, 0.3) is 0 Å². The summed E-state index contributed by atoms with van der Waals surface area (Å²) in [5.41, 5.74) is 6.00. The van der Waals surface area contributed by atoms with Crippen molar-refractivity contribution in [2.45, 2.75) is 63.8 Å². The number of nitrogens with two attached hydrogens (primary N) is 1. The quantitative estimate of drug-likeness (QED) is 0.789. The number of hydrogen-bond acceptors (Lipinski definition) is 3. The van der Waals surface area contributed by atoms with Crippen LogP contribution in [0, 0.1) is 11.8 Å². The maximum Gasteiger partial charge on any atom is 0.220 e. The molecule has 21 heavy (non-hydrogen) atoms. The normalized spacial score (nSPS) is 28.5. The second-order valence-electron chi connectivity index (χ2n) is 7.22. The highest BCUT2D eigenvalue weighted by atomic mass is 16.1. The Labute approximate surface area is 129 Å². The van der Waals surface area contributed by atoms with Gasteiger partial charge in [-0.3, -0.25) is 4.79 Å². The third kappa shape index (κ3) is 6.35. The molecule has 4 nitrogen and oxygen atoms in total. The highest BCUT2D eigenvalue weighted by Crippen LogP contribution is 2.26. The van der Waals surface area contributed by atoms with Crippen LogP contribution in [0.3, 0.4) is 0 Å². The van der Waals surface area contributed by atoms with Gasteiger partial charge in [0.2, 0.25) is 5.91 Å². The lowest BCUT2D eigenvalue weighted by molar-refractivity contribution is -0.121. The van der Waals surface area contributed by atoms with E-state index in [2.05, 4.69) is 17.3 Å². The molecule has 1 aliphatic heterocycles. The molecule has 3 N–H and O–H groups in total. The second kappa shape index (κ2) is 8.74. The van der Waals surface area contributed by atoms with Crippen molar-refractivity contribution in [3.63, 3.8) is 0 Å². The Kier molecular flexibility index (Phi) is 6.97. The van der Waals surface area contributed by atoms with Crippen LogP contribution in [-0.4, -0.2) is 43.5 Å². The predicted octanol–water partition coefficient (Wildman–Crippen LogP) is 2.13. The van der Waals surface area contributed by atoms with Crippen LogP contribution in [0.4, 0.5) is 0 Å². The van der Waals surface area contributed by atoms with E-state index in [1.165, 1.54) is 45.2 Å². The van der Waals surface area contributed by atoms with E-state index in [1.54, 1.807) is 0 Å². The number of carbonyl (C=O) groups excluding carboxylic acids is 1. The molecule has 0 radical (unpaired) electrons. The number of amides is 1. The number of nitrogens with zero attached hydrogens (tertiary/aromatic N) is 1. The zero-order chi connectivity index (χ0) is 15.1. The highest BCUT2D eigenvalue weighted by molar-refractivity contribution is 5.75. The van der Waals surface area contributed by atoms with Gasteiger partial charge in [-0.2, -0.15) is 0 Å². The number of nitrogens with one attached hydrogen (secondary N) is 1. The first-order chi connectivity index (χ1) is 10.1. The summed E-state index contributed by atoms with van der Waals surface area (Å²) in [4.78, 5) is 14.3. The van der Waals surface area contributed by atoms with Crippen LogP contribution in [0.5, 0.6) is 0 Å². The van der Waals surface area contributed by atoms with Crippen molar-refractivity contribution in [3.8, 4) is 0 Å². The first kappa shape index (κ1) is 16.8. The molecule has 0 bridgehead atoms. The third-order valence-electron chi connectivity index (χ3n) is 5.32. The van der Waals surface area contributed by atoms with E-state index in [-0.39, 0.29) is 5.91 Å². The van der Waals surface area contributed by atoms with E-state index in [0.717, 1.165) is 31.7 Å². The number of rotatable bonds is 6. The SMILES string of the molecule is CN1CCC(CCNC(=O)CCC2CCCC(N)C2)CC1. The van der Waals surface area contributed by atoms with E-state index in [4.69, 9.17) is 5.73 Å². The maximum atomic E-state index is 11.9. The first-order valence-electron chi connectivity index (χ1n) is 8.84. The molecule has 1 aliphatic carbocycles. The van der Waals surface area contributed by atoms with Gasteiger partial charge in [-0.05, 0) is 70.5 Å². The van der Waals surface area contributed by atoms with Gasteiger partial charge in [0, 0.05) is 19.0 Å². The first-order valence-corrected chi connectivity index (χ1v) is 8.84. The Morgan fingerprint density at radius 3 is 2.62 bits per heavy atom. The van der Waals surface area contributed by atoms with Crippen LogP contribution in [0.1, 0.15) is 57.8 Å². The fourth-order valence-corrected chi connectivity index (χ4v) is 3.78. The largest absolute Gasteiger partial charge is 0.356 e. The molecule has 1 saturated carbocycles. The number of likely N-dealkylation sites (tertiary alicyclic amines) is 1. The molecule has 2 aliphatic rings. The number of piperidine rings is 1. The summed E-state index contributed by atoms with van der Waals surface area (Å²) in [6.07, 6.45) is 10.2. The lowest BCUT2D eigenvalue weighted by atomic mass is 9.83. The molecule has 1 amide bonds. The standard InChI is InChI=1S/C17H33N3O/c1-20-11-8-14(9-12-20)7-10-19-17(21)6-5-15-3-2-4-16(18)13-15/h14-16H,2-13,18H2,1H3,(H,19,21). The summed E-state index contributed by atoms with van der Waals surface area (Å²) < 4.78 is 0. The molecule has 2 atom stereocenters. The molecule has 1 saturated heterocycles. The highest BCUT2D eigenvalue weighted by Gasteiger charge is 2.20. The molecule has 0 aromatic heterocycles. The monoisotopic (exact) mass is 295 g/mol. The lowest BCUT2D eigenvalue weighted by Crippen LogP contribution is -2.33. The Bertz CT molecular complexity index is 313. The summed E-state index contributed by atoms with van der Waals surface area (Å²) in [5.74, 6) is 1.72. The summed E-state index contributed by atoms with van der Waals surface area (Å²) in [5, 5.41) is 3.11. The van der Waals surface area contributed by atoms with Crippen LogP contribution >= 0.6 is 0 Å². The van der Waals surface area contributed by atoms with Crippen LogP contribution in [0.15, 0.2) is 0 Å². The average molecular weight is 295 g/mol. The van der Waals surface area contributed by atoms with Gasteiger partial charge in [0.25, 0.3) is 0 Å². The molecule has 0 aromatic rings. The molecule has 2 rings (SSSR count). The van der Waals surface area contributed by atoms with Gasteiger partial charge in [0.15, 0.2) is 0 Å². The minimum atomic E-state index is 0.238. The second-order valence-corrected chi connectivity index (χ2v) is 7.22. The van der Waals surface area contributed by atoms with Crippen molar-refractivity contribution in [2.75, 3.05) is 26.7 Å². The van der Waals surface area contributed by atoms with Crippen molar-refractivity contribution < 1.29 is 4.79 Å². The van der Waals surface area contributed by atoms with Crippen molar-refractivity contribution >= 4 is 5.91 Å². The van der Waals surface area contributed by atoms with Gasteiger partial charge >= 0.3 is 0 Å². The van der Waals surface area contributed by atoms with E-state index in [1.807, 2.05) is 0 Å². The smallest absolute Gasteiger partial charge is 0.220 e. The molecular formula is C17H33N3O. The Morgan fingerprint density at radius 1 is 1.14 bits per heavy atom. The number of hydrogen-bond donors (Lipinski definition) is 2. The zero-order valence-electron chi connectivity index (χ0n) is 13.7. The summed E-state index contributed by atoms with van der Waals surface area (Å²) in [6, 6.07) is 0.372. The lowest BCUT2D eigenvalue weighted by Gasteiger charge is -2.29. The van der Waals surface area contributed by atoms with Gasteiger partial charge in [0.05, 0.1) is 0 Å². The summed E-state index contributed by atoms with van der Waals surface area (Å²) in [7, 11) is 2.19. The Morgan fingerprint density at radius 2 is 1.90 bits per heavy atom. The predicted molar refractivity (Wildman–Crippen MR) is 87.0 cm³/mol. The van der Waals surface area contributed by atoms with Crippen molar-refractivity contribution in [3.05, 3.63) is 0 Å². The fourth-order valence-electron chi connectivity index (χ4n) is 3.78. The summed E-state index contributed by atoms with van der Waals surface area (Å²) >= 11 is 0. The van der Waals surface area contributed by atoms with Gasteiger partial charge in [-0.1, -0.05) is 12.8 Å². The van der Waals surface area contributed by atoms with Crippen molar-refractivity contribution in [1.82, 2.24) is 10.2 Å². The van der Waals surface area contributed by atoms with Crippen molar-refractivity contribution in [1.29, 1.82) is 0 Å². The molecule has 0 spiro atoms.